The van der Waals surface area contributed by atoms with E-state index in [2.05, 4.69) is 13.0 Å². The normalized spacial score (nSPS) is 9.90. The van der Waals surface area contributed by atoms with Crippen LogP contribution in [0.2, 0.25) is 0 Å². The van der Waals surface area contributed by atoms with Gasteiger partial charge in [0.1, 0.15) is 11.5 Å². The second-order valence-electron chi connectivity index (χ2n) is 4.87. The van der Waals surface area contributed by atoms with Gasteiger partial charge in [0.05, 0.1) is 0 Å². The molecule has 102 valence electrons. The Hall–Kier alpha value is -2.48. The lowest BCUT2D eigenvalue weighted by atomic mass is 10.1. The summed E-state index contributed by atoms with van der Waals surface area (Å²) in [7, 11) is 0. The number of hydrogen-bond donors (Lipinski definition) is 2. The predicted octanol–water partition coefficient (Wildman–Crippen LogP) is 4.55. The van der Waals surface area contributed by atoms with Crippen molar-refractivity contribution in [1.29, 1.82) is 0 Å². The van der Waals surface area contributed by atoms with E-state index in [1.165, 1.54) is 16.5 Å². The van der Waals surface area contributed by atoms with E-state index in [0.29, 0.717) is 11.5 Å². The molecule has 0 aromatic heterocycles. The summed E-state index contributed by atoms with van der Waals surface area (Å²) in [5, 5.41) is 20.2. The van der Waals surface area contributed by atoms with E-state index in [4.69, 9.17) is 5.11 Å². The number of aromatic hydroxyl groups is 2. The number of fused-ring (bicyclic) bond motifs is 1. The highest BCUT2D eigenvalue weighted by Gasteiger charge is 1.94. The van der Waals surface area contributed by atoms with Gasteiger partial charge in [-0.05, 0) is 48.9 Å². The summed E-state index contributed by atoms with van der Waals surface area (Å²) >= 11 is 0. The van der Waals surface area contributed by atoms with E-state index in [9.17, 15) is 5.11 Å². The van der Waals surface area contributed by atoms with Crippen LogP contribution in [0, 0.1) is 13.8 Å². The Labute approximate surface area is 118 Å². The second kappa shape index (κ2) is 6.11. The van der Waals surface area contributed by atoms with E-state index in [-0.39, 0.29) is 0 Å². The molecule has 2 nitrogen and oxygen atoms in total. The molecule has 3 aromatic rings. The zero-order chi connectivity index (χ0) is 14.5. The third-order valence-electron chi connectivity index (χ3n) is 3.01. The highest BCUT2D eigenvalue weighted by molar-refractivity contribution is 5.84. The van der Waals surface area contributed by atoms with Crippen LogP contribution in [0.1, 0.15) is 11.1 Å². The Morgan fingerprint density at radius 3 is 1.70 bits per heavy atom. The number of aryl methyl sites for hydroxylation is 2. The second-order valence-corrected chi connectivity index (χ2v) is 4.87. The van der Waals surface area contributed by atoms with Crippen LogP contribution in [-0.4, -0.2) is 10.2 Å². The van der Waals surface area contributed by atoms with Crippen LogP contribution in [0.4, 0.5) is 0 Å². The largest absolute Gasteiger partial charge is 0.508 e. The third-order valence-corrected chi connectivity index (χ3v) is 3.01. The third kappa shape index (κ3) is 3.75. The molecule has 0 aliphatic rings. The Kier molecular flexibility index (Phi) is 4.26. The van der Waals surface area contributed by atoms with Gasteiger partial charge in [-0.2, -0.15) is 0 Å². The minimum Gasteiger partial charge on any atom is -0.508 e. The van der Waals surface area contributed by atoms with Gasteiger partial charge in [-0.3, -0.25) is 0 Å². The Morgan fingerprint density at radius 1 is 0.550 bits per heavy atom. The summed E-state index contributed by atoms with van der Waals surface area (Å²) in [6.07, 6.45) is 0. The van der Waals surface area contributed by atoms with Crippen molar-refractivity contribution in [3.05, 3.63) is 71.8 Å². The average molecular weight is 266 g/mol. The van der Waals surface area contributed by atoms with Gasteiger partial charge in [0.2, 0.25) is 0 Å². The van der Waals surface area contributed by atoms with E-state index in [1.54, 1.807) is 24.3 Å². The van der Waals surface area contributed by atoms with Gasteiger partial charge in [0.15, 0.2) is 0 Å². The minimum atomic E-state index is 0.325. The maximum atomic E-state index is 9.20. The fourth-order valence-corrected chi connectivity index (χ4v) is 1.90. The van der Waals surface area contributed by atoms with Crippen molar-refractivity contribution in [2.45, 2.75) is 13.8 Å². The van der Waals surface area contributed by atoms with Gasteiger partial charge < -0.3 is 10.2 Å². The van der Waals surface area contributed by atoms with E-state index in [1.807, 2.05) is 37.3 Å². The number of phenols is 2. The number of phenolic OH excluding ortho intramolecular Hbond substituents is 2. The lowest BCUT2D eigenvalue weighted by Gasteiger charge is -1.99. The molecule has 0 aliphatic carbocycles. The van der Waals surface area contributed by atoms with Crippen LogP contribution in [-0.2, 0) is 0 Å². The Bertz CT molecular complexity index is 638. The van der Waals surface area contributed by atoms with E-state index < -0.39 is 0 Å². The minimum absolute atomic E-state index is 0.325. The molecule has 0 aliphatic heterocycles. The molecule has 0 amide bonds. The summed E-state index contributed by atoms with van der Waals surface area (Å²) in [6, 6.07) is 18.7. The monoisotopic (exact) mass is 266 g/mol. The van der Waals surface area contributed by atoms with Crippen LogP contribution in [0.25, 0.3) is 10.8 Å². The smallest absolute Gasteiger partial charge is 0.116 e. The lowest BCUT2D eigenvalue weighted by Crippen LogP contribution is -1.74. The van der Waals surface area contributed by atoms with Crippen LogP contribution >= 0.6 is 0 Å². The lowest BCUT2D eigenvalue weighted by molar-refractivity contribution is 0.475. The van der Waals surface area contributed by atoms with Gasteiger partial charge in [-0.15, -0.1) is 0 Å². The number of hydrogen-bond acceptors (Lipinski definition) is 2. The Morgan fingerprint density at radius 2 is 1.05 bits per heavy atom. The first-order chi connectivity index (χ1) is 9.54. The average Bonchev–Trinajstić information content (AvgIpc) is 2.43. The van der Waals surface area contributed by atoms with E-state index >= 15 is 0 Å². The number of benzene rings is 3. The molecular weight excluding hydrogens is 248 g/mol. The van der Waals surface area contributed by atoms with Gasteiger partial charge in [0.25, 0.3) is 0 Å². The first-order valence-corrected chi connectivity index (χ1v) is 6.49. The highest BCUT2D eigenvalue weighted by Crippen LogP contribution is 2.20. The molecule has 0 unspecified atom stereocenters. The van der Waals surface area contributed by atoms with Crippen LogP contribution in [0.3, 0.4) is 0 Å². The van der Waals surface area contributed by atoms with Gasteiger partial charge >= 0.3 is 0 Å². The first kappa shape index (κ1) is 13.9. The topological polar surface area (TPSA) is 40.5 Å². The van der Waals surface area contributed by atoms with Crippen molar-refractivity contribution in [2.75, 3.05) is 0 Å². The summed E-state index contributed by atoms with van der Waals surface area (Å²) < 4.78 is 0. The van der Waals surface area contributed by atoms with Crippen LogP contribution in [0.5, 0.6) is 11.5 Å². The van der Waals surface area contributed by atoms with Crippen LogP contribution < -0.4 is 0 Å². The molecule has 2 N–H and O–H groups in total. The van der Waals surface area contributed by atoms with Crippen molar-refractivity contribution >= 4 is 10.8 Å². The highest BCUT2D eigenvalue weighted by atomic mass is 16.3. The fourth-order valence-electron chi connectivity index (χ4n) is 1.90. The zero-order valence-electron chi connectivity index (χ0n) is 11.7. The molecular formula is C18H18O2. The molecule has 0 spiro atoms. The zero-order valence-corrected chi connectivity index (χ0v) is 11.7. The van der Waals surface area contributed by atoms with E-state index in [0.717, 1.165) is 5.39 Å². The summed E-state index contributed by atoms with van der Waals surface area (Å²) in [5.41, 5.74) is 2.41. The van der Waals surface area contributed by atoms with Crippen LogP contribution in [0.15, 0.2) is 60.7 Å². The maximum Gasteiger partial charge on any atom is 0.116 e. The summed E-state index contributed by atoms with van der Waals surface area (Å²) in [6.45, 7) is 4.05. The van der Waals surface area contributed by atoms with Crippen molar-refractivity contribution in [2.24, 2.45) is 0 Å². The molecule has 0 saturated heterocycles. The van der Waals surface area contributed by atoms with Gasteiger partial charge in [0, 0.05) is 0 Å². The maximum absolute atomic E-state index is 9.20. The molecule has 0 bridgehead atoms. The Balaban J connectivity index is 0.000000160. The molecule has 3 rings (SSSR count). The van der Waals surface area contributed by atoms with Crippen molar-refractivity contribution < 1.29 is 10.2 Å². The molecule has 0 radical (unpaired) electrons. The van der Waals surface area contributed by atoms with Gasteiger partial charge in [-0.1, -0.05) is 47.5 Å². The number of rotatable bonds is 0. The standard InChI is InChI=1S/C11H10O.C7H8O/c1-8-2-3-10-7-11(12)5-4-9(10)6-8;1-6-2-4-7(8)5-3-6/h2-7,12H,1H3;2-5,8H,1H3. The van der Waals surface area contributed by atoms with Crippen molar-refractivity contribution in [3.63, 3.8) is 0 Å². The van der Waals surface area contributed by atoms with Crippen molar-refractivity contribution in [3.8, 4) is 11.5 Å². The quantitative estimate of drug-likeness (QED) is 0.626. The summed E-state index contributed by atoms with van der Waals surface area (Å²) in [5.74, 6) is 0.655. The fraction of sp³-hybridized carbons (Fsp3) is 0.111. The van der Waals surface area contributed by atoms with Gasteiger partial charge in [-0.25, -0.2) is 0 Å². The molecule has 0 fully saturated rings. The molecule has 3 aromatic carbocycles. The molecule has 20 heavy (non-hydrogen) atoms. The molecule has 0 atom stereocenters. The summed E-state index contributed by atoms with van der Waals surface area (Å²) in [4.78, 5) is 0. The molecule has 0 saturated carbocycles. The van der Waals surface area contributed by atoms with Crippen molar-refractivity contribution in [1.82, 2.24) is 0 Å². The SMILES string of the molecule is Cc1ccc(O)cc1.Cc1ccc2cc(O)ccc2c1. The first-order valence-electron chi connectivity index (χ1n) is 6.49. The predicted molar refractivity (Wildman–Crippen MR) is 83.2 cm³/mol. The molecule has 2 heteroatoms. The molecule has 0 heterocycles.